The molecule has 1 spiro atoms. The third kappa shape index (κ3) is 4.19. The monoisotopic (exact) mass is 376 g/mol. The Hall–Kier alpha value is -1.21. The molecule has 0 aromatic carbocycles. The quantitative estimate of drug-likeness (QED) is 0.683. The number of furan rings is 1. The maximum atomic E-state index is 6.28. The van der Waals surface area contributed by atoms with Crippen molar-refractivity contribution in [2.45, 2.75) is 51.4 Å². The van der Waals surface area contributed by atoms with Crippen LogP contribution < -0.4 is 0 Å². The molecule has 0 aliphatic carbocycles. The molecule has 4 heterocycles. The van der Waals surface area contributed by atoms with Crippen LogP contribution in [-0.4, -0.2) is 41.8 Å². The lowest BCUT2D eigenvalue weighted by atomic mass is 9.78. The van der Waals surface area contributed by atoms with E-state index in [0.29, 0.717) is 12.5 Å². The van der Waals surface area contributed by atoms with E-state index in [1.165, 1.54) is 0 Å². The molecule has 0 N–H and O–H groups in total. The van der Waals surface area contributed by atoms with Gasteiger partial charge in [0.05, 0.1) is 35.7 Å². The fraction of sp³-hybridized carbons (Fsp3) is 0.650. The van der Waals surface area contributed by atoms with E-state index < -0.39 is 0 Å². The number of aromatic nitrogens is 1. The molecule has 26 heavy (non-hydrogen) atoms. The smallest absolute Gasteiger partial charge is 0.117 e. The van der Waals surface area contributed by atoms with Gasteiger partial charge in [0.2, 0.25) is 0 Å². The highest BCUT2D eigenvalue weighted by Crippen LogP contribution is 2.42. The van der Waals surface area contributed by atoms with Gasteiger partial charge in [-0.1, -0.05) is 0 Å². The summed E-state index contributed by atoms with van der Waals surface area (Å²) in [7, 11) is 0. The normalized spacial score (nSPS) is 23.0. The lowest BCUT2D eigenvalue weighted by molar-refractivity contribution is -0.0740. The van der Waals surface area contributed by atoms with E-state index >= 15 is 0 Å². The first-order valence-electron chi connectivity index (χ1n) is 9.61. The van der Waals surface area contributed by atoms with Gasteiger partial charge < -0.3 is 13.9 Å². The fourth-order valence-corrected chi connectivity index (χ4v) is 4.93. The molecule has 0 amide bonds. The molecule has 2 aliphatic heterocycles. The number of hydrogen-bond donors (Lipinski definition) is 0. The third-order valence-corrected chi connectivity index (χ3v) is 6.61. The molecule has 4 rings (SSSR count). The van der Waals surface area contributed by atoms with Crippen LogP contribution in [0.1, 0.15) is 42.1 Å². The van der Waals surface area contributed by atoms with Gasteiger partial charge in [0.15, 0.2) is 0 Å². The second-order valence-electron chi connectivity index (χ2n) is 7.45. The van der Waals surface area contributed by atoms with Crippen LogP contribution in [0.2, 0.25) is 0 Å². The van der Waals surface area contributed by atoms with Gasteiger partial charge in [-0.3, -0.25) is 4.90 Å². The van der Waals surface area contributed by atoms with E-state index in [4.69, 9.17) is 13.9 Å². The van der Waals surface area contributed by atoms with Crippen molar-refractivity contribution in [1.82, 2.24) is 9.88 Å². The zero-order valence-corrected chi connectivity index (χ0v) is 16.3. The summed E-state index contributed by atoms with van der Waals surface area (Å²) in [6.45, 7) is 7.42. The zero-order chi connectivity index (χ0) is 17.8. The molecular weight excluding hydrogens is 348 g/mol. The van der Waals surface area contributed by atoms with Gasteiger partial charge >= 0.3 is 0 Å². The highest BCUT2D eigenvalue weighted by molar-refractivity contribution is 7.09. The number of aryl methyl sites for hydroxylation is 1. The Labute approximate surface area is 159 Å². The molecule has 5 nitrogen and oxygen atoms in total. The van der Waals surface area contributed by atoms with Crippen molar-refractivity contribution in [1.29, 1.82) is 0 Å². The summed E-state index contributed by atoms with van der Waals surface area (Å²) in [6, 6.07) is 4.02. The van der Waals surface area contributed by atoms with Gasteiger partial charge in [0.1, 0.15) is 5.76 Å². The number of nitrogens with zero attached hydrogens (tertiary/aromatic N) is 2. The summed E-state index contributed by atoms with van der Waals surface area (Å²) in [6.07, 6.45) is 6.23. The van der Waals surface area contributed by atoms with Crippen LogP contribution in [0.5, 0.6) is 0 Å². The first-order valence-corrected chi connectivity index (χ1v) is 10.5. The number of thiazole rings is 1. The Morgan fingerprint density at radius 3 is 3.00 bits per heavy atom. The molecule has 0 radical (unpaired) electrons. The molecule has 142 valence electrons. The van der Waals surface area contributed by atoms with Crippen molar-refractivity contribution < 1.29 is 13.9 Å². The van der Waals surface area contributed by atoms with Gasteiger partial charge in [0, 0.05) is 31.7 Å². The van der Waals surface area contributed by atoms with Gasteiger partial charge in [0.25, 0.3) is 0 Å². The number of piperidine rings is 1. The zero-order valence-electron chi connectivity index (χ0n) is 15.5. The number of ether oxygens (including phenoxy) is 2. The first-order chi connectivity index (χ1) is 12.7. The first kappa shape index (κ1) is 18.2. The Morgan fingerprint density at radius 1 is 1.38 bits per heavy atom. The molecule has 1 atom stereocenters. The molecule has 0 bridgehead atoms. The van der Waals surface area contributed by atoms with Crippen LogP contribution >= 0.6 is 11.3 Å². The topological polar surface area (TPSA) is 47.7 Å². The van der Waals surface area contributed by atoms with E-state index in [2.05, 4.69) is 21.3 Å². The highest BCUT2D eigenvalue weighted by atomic mass is 32.1. The van der Waals surface area contributed by atoms with Crippen LogP contribution in [-0.2, 0) is 22.6 Å². The summed E-state index contributed by atoms with van der Waals surface area (Å²) < 4.78 is 17.6. The molecule has 2 aromatic heterocycles. The van der Waals surface area contributed by atoms with E-state index in [1.54, 1.807) is 17.6 Å². The van der Waals surface area contributed by atoms with E-state index in [-0.39, 0.29) is 5.60 Å². The van der Waals surface area contributed by atoms with Gasteiger partial charge in [-0.2, -0.15) is 0 Å². The third-order valence-electron chi connectivity index (χ3n) is 5.79. The van der Waals surface area contributed by atoms with Crippen molar-refractivity contribution in [2.24, 2.45) is 5.92 Å². The number of likely N-dealkylation sites (tertiary alicyclic amines) is 1. The lowest BCUT2D eigenvalue weighted by Crippen LogP contribution is -2.47. The van der Waals surface area contributed by atoms with E-state index in [0.717, 1.165) is 75.0 Å². The van der Waals surface area contributed by atoms with Crippen LogP contribution in [0.25, 0.3) is 0 Å². The highest BCUT2D eigenvalue weighted by Gasteiger charge is 2.45. The number of rotatable bonds is 7. The predicted octanol–water partition coefficient (Wildman–Crippen LogP) is 4.02. The van der Waals surface area contributed by atoms with Crippen LogP contribution in [0.15, 0.2) is 28.2 Å². The lowest BCUT2D eigenvalue weighted by Gasteiger charge is -2.42. The molecule has 2 saturated heterocycles. The Balaban J connectivity index is 1.23. The van der Waals surface area contributed by atoms with Crippen molar-refractivity contribution >= 4 is 11.3 Å². The van der Waals surface area contributed by atoms with Gasteiger partial charge in [-0.15, -0.1) is 11.3 Å². The second kappa shape index (κ2) is 8.21. The average molecular weight is 377 g/mol. The van der Waals surface area contributed by atoms with Crippen molar-refractivity contribution in [2.75, 3.05) is 26.3 Å². The number of hydrogen-bond acceptors (Lipinski definition) is 6. The molecule has 6 heteroatoms. The summed E-state index contributed by atoms with van der Waals surface area (Å²) in [5.41, 5.74) is 1.12. The summed E-state index contributed by atoms with van der Waals surface area (Å²) in [4.78, 5) is 6.93. The largest absolute Gasteiger partial charge is 0.468 e. The summed E-state index contributed by atoms with van der Waals surface area (Å²) in [5.74, 6) is 1.67. The van der Waals surface area contributed by atoms with E-state index in [9.17, 15) is 0 Å². The molecule has 2 fully saturated rings. The standard InChI is InChI=1S/C20H28N2O3S/c1-16-21-18(15-26-16)14-23-11-4-17-5-12-25-20(17)6-8-22(9-7-20)13-19-3-2-10-24-19/h2-3,10,15,17H,4-9,11-14H2,1H3. The summed E-state index contributed by atoms with van der Waals surface area (Å²) >= 11 is 1.68. The molecular formula is C20H28N2O3S. The maximum Gasteiger partial charge on any atom is 0.117 e. The van der Waals surface area contributed by atoms with Crippen LogP contribution in [0, 0.1) is 12.8 Å². The fourth-order valence-electron chi connectivity index (χ4n) is 4.33. The molecule has 0 saturated carbocycles. The van der Waals surface area contributed by atoms with Crippen molar-refractivity contribution in [3.8, 4) is 0 Å². The Bertz CT molecular complexity index is 677. The average Bonchev–Trinajstić information content (AvgIpc) is 3.37. The minimum absolute atomic E-state index is 0.0697. The van der Waals surface area contributed by atoms with Gasteiger partial charge in [-0.05, 0) is 50.7 Å². The predicted molar refractivity (Wildman–Crippen MR) is 101 cm³/mol. The van der Waals surface area contributed by atoms with E-state index in [1.807, 2.05) is 13.0 Å². The molecule has 2 aliphatic rings. The van der Waals surface area contributed by atoms with Crippen LogP contribution in [0.4, 0.5) is 0 Å². The second-order valence-corrected chi connectivity index (χ2v) is 8.52. The minimum Gasteiger partial charge on any atom is -0.468 e. The Morgan fingerprint density at radius 2 is 2.27 bits per heavy atom. The summed E-state index contributed by atoms with van der Waals surface area (Å²) in [5, 5.41) is 3.19. The molecule has 2 aromatic rings. The SMILES string of the molecule is Cc1nc(COCCC2CCOC23CCN(Cc2ccco2)CC3)cs1. The van der Waals surface area contributed by atoms with Crippen molar-refractivity contribution in [3.05, 3.63) is 40.2 Å². The van der Waals surface area contributed by atoms with Crippen molar-refractivity contribution in [3.63, 3.8) is 0 Å². The maximum absolute atomic E-state index is 6.28. The molecule has 1 unspecified atom stereocenters. The van der Waals surface area contributed by atoms with Gasteiger partial charge in [-0.25, -0.2) is 4.98 Å². The Kier molecular flexibility index (Phi) is 5.74. The van der Waals surface area contributed by atoms with Crippen LogP contribution in [0.3, 0.4) is 0 Å². The minimum atomic E-state index is 0.0697.